The Morgan fingerprint density at radius 2 is 2.00 bits per heavy atom. The van der Waals surface area contributed by atoms with Crippen LogP contribution in [-0.2, 0) is 6.42 Å². The van der Waals surface area contributed by atoms with Gasteiger partial charge in [-0.2, -0.15) is 0 Å². The molecule has 1 aromatic heterocycles. The molecule has 0 unspecified atom stereocenters. The Morgan fingerprint density at radius 3 is 2.67 bits per heavy atom. The van der Waals surface area contributed by atoms with Crippen molar-refractivity contribution in [2.24, 2.45) is 0 Å². The number of thiazole rings is 1. The molecule has 2 rings (SSSR count). The van der Waals surface area contributed by atoms with Crippen LogP contribution >= 0.6 is 11.3 Å². The molecule has 96 valence electrons. The van der Waals surface area contributed by atoms with Crippen LogP contribution in [0.4, 0.5) is 14.5 Å². The minimum absolute atomic E-state index is 0.209. The van der Waals surface area contributed by atoms with E-state index in [4.69, 9.17) is 0 Å². The Labute approximate surface area is 109 Å². The minimum Gasteiger partial charge on any atom is -0.382 e. The Bertz CT molecular complexity index is 552. The van der Waals surface area contributed by atoms with Gasteiger partial charge in [0.2, 0.25) is 0 Å². The molecule has 1 aromatic carbocycles. The van der Waals surface area contributed by atoms with Gasteiger partial charge in [-0.1, -0.05) is 0 Å². The average Bonchev–Trinajstić information content (AvgIpc) is 2.72. The molecule has 0 amide bonds. The highest BCUT2D eigenvalue weighted by atomic mass is 32.1. The molecule has 2 aromatic rings. The Balaban J connectivity index is 1.99. The standard InChI is InChI=1S/C13H14F2N2S/c1-8-5-11(15)12(6-10(8)14)16-4-3-13-9(2)17-7-18-13/h5-7,16H,3-4H2,1-2H3. The number of aryl methyl sites for hydroxylation is 2. The number of rotatable bonds is 4. The van der Waals surface area contributed by atoms with Crippen molar-refractivity contribution < 1.29 is 8.78 Å². The van der Waals surface area contributed by atoms with Crippen LogP contribution in [0.2, 0.25) is 0 Å². The molecule has 5 heteroatoms. The SMILES string of the molecule is Cc1cc(F)c(NCCc2scnc2C)cc1F. The van der Waals surface area contributed by atoms with Crippen LogP contribution in [0.1, 0.15) is 16.1 Å². The van der Waals surface area contributed by atoms with Crippen LogP contribution in [0.15, 0.2) is 17.6 Å². The summed E-state index contributed by atoms with van der Waals surface area (Å²) < 4.78 is 26.8. The van der Waals surface area contributed by atoms with Gasteiger partial charge in [-0.05, 0) is 25.5 Å². The third-order valence-electron chi connectivity index (χ3n) is 2.76. The molecule has 0 aliphatic rings. The molecule has 0 atom stereocenters. The van der Waals surface area contributed by atoms with Crippen LogP contribution in [0, 0.1) is 25.5 Å². The number of nitrogens with one attached hydrogen (secondary N) is 1. The van der Waals surface area contributed by atoms with E-state index in [1.54, 1.807) is 23.8 Å². The highest BCUT2D eigenvalue weighted by Crippen LogP contribution is 2.19. The second-order valence-corrected chi connectivity index (χ2v) is 5.06. The monoisotopic (exact) mass is 268 g/mol. The van der Waals surface area contributed by atoms with Crippen molar-refractivity contribution in [3.63, 3.8) is 0 Å². The summed E-state index contributed by atoms with van der Waals surface area (Å²) in [4.78, 5) is 5.30. The Kier molecular flexibility index (Phi) is 3.91. The maximum absolute atomic E-state index is 13.5. The molecule has 0 aliphatic heterocycles. The zero-order valence-electron chi connectivity index (χ0n) is 10.3. The number of halogens is 2. The molecule has 0 fully saturated rings. The first-order chi connectivity index (χ1) is 8.58. The van der Waals surface area contributed by atoms with Crippen molar-refractivity contribution in [1.29, 1.82) is 0 Å². The van der Waals surface area contributed by atoms with Gasteiger partial charge in [-0.15, -0.1) is 11.3 Å². The highest BCUT2D eigenvalue weighted by molar-refractivity contribution is 7.09. The Hall–Kier alpha value is -1.49. The molecule has 18 heavy (non-hydrogen) atoms. The quantitative estimate of drug-likeness (QED) is 0.914. The van der Waals surface area contributed by atoms with Gasteiger partial charge in [-0.3, -0.25) is 0 Å². The maximum Gasteiger partial charge on any atom is 0.146 e. The number of hydrogen-bond donors (Lipinski definition) is 1. The van der Waals surface area contributed by atoms with E-state index in [-0.39, 0.29) is 5.69 Å². The van der Waals surface area contributed by atoms with Crippen molar-refractivity contribution in [2.45, 2.75) is 20.3 Å². The average molecular weight is 268 g/mol. The summed E-state index contributed by atoms with van der Waals surface area (Å²) >= 11 is 1.58. The zero-order valence-corrected chi connectivity index (χ0v) is 11.1. The largest absolute Gasteiger partial charge is 0.382 e. The Morgan fingerprint density at radius 1 is 1.22 bits per heavy atom. The van der Waals surface area contributed by atoms with Crippen molar-refractivity contribution in [3.05, 3.63) is 45.4 Å². The van der Waals surface area contributed by atoms with E-state index in [1.807, 2.05) is 6.92 Å². The van der Waals surface area contributed by atoms with Gasteiger partial charge in [0.15, 0.2) is 0 Å². The van der Waals surface area contributed by atoms with Crippen LogP contribution in [0.25, 0.3) is 0 Å². The molecule has 0 spiro atoms. The fourth-order valence-electron chi connectivity index (χ4n) is 1.66. The molecule has 1 heterocycles. The minimum atomic E-state index is -0.421. The lowest BCUT2D eigenvalue weighted by Crippen LogP contribution is -2.07. The fraction of sp³-hybridized carbons (Fsp3) is 0.308. The number of aromatic nitrogens is 1. The van der Waals surface area contributed by atoms with Crippen molar-refractivity contribution in [1.82, 2.24) is 4.98 Å². The number of hydrogen-bond acceptors (Lipinski definition) is 3. The number of benzene rings is 1. The predicted molar refractivity (Wildman–Crippen MR) is 70.1 cm³/mol. The van der Waals surface area contributed by atoms with Crippen molar-refractivity contribution >= 4 is 17.0 Å². The normalized spacial score (nSPS) is 10.7. The van der Waals surface area contributed by atoms with E-state index in [2.05, 4.69) is 10.3 Å². The van der Waals surface area contributed by atoms with Gasteiger partial charge in [0.25, 0.3) is 0 Å². The smallest absolute Gasteiger partial charge is 0.146 e. The molecule has 0 saturated heterocycles. The fourth-order valence-corrected chi connectivity index (χ4v) is 2.44. The first-order valence-corrected chi connectivity index (χ1v) is 6.54. The number of anilines is 1. The molecular weight excluding hydrogens is 254 g/mol. The molecule has 1 N–H and O–H groups in total. The lowest BCUT2D eigenvalue weighted by molar-refractivity contribution is 0.594. The predicted octanol–water partition coefficient (Wildman–Crippen LogP) is 3.69. The van der Waals surface area contributed by atoms with Gasteiger partial charge in [0.1, 0.15) is 11.6 Å². The summed E-state index contributed by atoms with van der Waals surface area (Å²) in [6, 6.07) is 2.40. The van der Waals surface area contributed by atoms with Gasteiger partial charge >= 0.3 is 0 Å². The van der Waals surface area contributed by atoms with E-state index in [0.29, 0.717) is 12.1 Å². The number of nitrogens with zero attached hydrogens (tertiary/aromatic N) is 1. The first kappa shape index (κ1) is 13.0. The topological polar surface area (TPSA) is 24.9 Å². The van der Waals surface area contributed by atoms with E-state index in [0.717, 1.165) is 17.0 Å². The lowest BCUT2D eigenvalue weighted by Gasteiger charge is -2.08. The molecule has 0 radical (unpaired) electrons. The molecule has 0 bridgehead atoms. The second kappa shape index (κ2) is 5.44. The van der Waals surface area contributed by atoms with Crippen molar-refractivity contribution in [3.8, 4) is 0 Å². The zero-order chi connectivity index (χ0) is 13.1. The van der Waals surface area contributed by atoms with E-state index < -0.39 is 11.6 Å². The molecule has 0 aliphatic carbocycles. The first-order valence-electron chi connectivity index (χ1n) is 5.66. The molecule has 0 saturated carbocycles. The van der Waals surface area contributed by atoms with Crippen LogP contribution in [0.3, 0.4) is 0 Å². The molecular formula is C13H14F2N2S. The second-order valence-electron chi connectivity index (χ2n) is 4.12. The van der Waals surface area contributed by atoms with E-state index in [9.17, 15) is 8.78 Å². The third kappa shape index (κ3) is 2.85. The lowest BCUT2D eigenvalue weighted by atomic mass is 10.2. The van der Waals surface area contributed by atoms with Gasteiger partial charge in [-0.25, -0.2) is 13.8 Å². The summed E-state index contributed by atoms with van der Waals surface area (Å²) in [6.07, 6.45) is 0.755. The highest BCUT2D eigenvalue weighted by Gasteiger charge is 2.07. The summed E-state index contributed by atoms with van der Waals surface area (Å²) in [5, 5.41) is 2.91. The third-order valence-corrected chi connectivity index (χ3v) is 3.76. The van der Waals surface area contributed by atoms with E-state index >= 15 is 0 Å². The van der Waals surface area contributed by atoms with E-state index in [1.165, 1.54) is 12.1 Å². The van der Waals surface area contributed by atoms with Gasteiger partial charge in [0.05, 0.1) is 16.9 Å². The van der Waals surface area contributed by atoms with Crippen LogP contribution < -0.4 is 5.32 Å². The van der Waals surface area contributed by atoms with Crippen LogP contribution in [-0.4, -0.2) is 11.5 Å². The van der Waals surface area contributed by atoms with Gasteiger partial charge < -0.3 is 5.32 Å². The summed E-state index contributed by atoms with van der Waals surface area (Å²) in [5.41, 5.74) is 3.31. The van der Waals surface area contributed by atoms with Gasteiger partial charge in [0, 0.05) is 23.9 Å². The maximum atomic E-state index is 13.5. The summed E-state index contributed by atoms with van der Waals surface area (Å²) in [5.74, 6) is -0.817. The molecule has 2 nitrogen and oxygen atoms in total. The van der Waals surface area contributed by atoms with Crippen LogP contribution in [0.5, 0.6) is 0 Å². The summed E-state index contributed by atoms with van der Waals surface area (Å²) in [6.45, 7) is 4.04. The summed E-state index contributed by atoms with van der Waals surface area (Å²) in [7, 11) is 0. The van der Waals surface area contributed by atoms with Crippen molar-refractivity contribution in [2.75, 3.05) is 11.9 Å².